The summed E-state index contributed by atoms with van der Waals surface area (Å²) in [5, 5.41) is 9.01. The molecule has 1 aliphatic carbocycles. The predicted molar refractivity (Wildman–Crippen MR) is 79.0 cm³/mol. The first-order valence-corrected chi connectivity index (χ1v) is 8.37. The second-order valence-corrected chi connectivity index (χ2v) is 6.82. The Morgan fingerprint density at radius 3 is 2.23 bits per heavy atom. The Morgan fingerprint density at radius 1 is 1.00 bits per heavy atom. The number of carboxylic acids is 1. The van der Waals surface area contributed by atoms with Gasteiger partial charge in [0.05, 0.1) is 11.8 Å². The van der Waals surface area contributed by atoms with Gasteiger partial charge in [-0.2, -0.15) is 0 Å². The minimum absolute atomic E-state index is 0.0395. The fourth-order valence-corrected chi connectivity index (χ4v) is 4.07. The molecule has 3 rings (SSSR count). The molecule has 0 aromatic carbocycles. The highest BCUT2D eigenvalue weighted by atomic mass is 16.4. The Hall–Kier alpha value is -1.59. The first-order valence-electron chi connectivity index (χ1n) is 8.37. The summed E-state index contributed by atoms with van der Waals surface area (Å²) in [4.78, 5) is 39.4. The van der Waals surface area contributed by atoms with Crippen LogP contribution in [-0.4, -0.2) is 58.4 Å². The second kappa shape index (κ2) is 6.26. The van der Waals surface area contributed by atoms with Gasteiger partial charge in [0.15, 0.2) is 0 Å². The van der Waals surface area contributed by atoms with Crippen molar-refractivity contribution in [1.29, 1.82) is 0 Å². The summed E-state index contributed by atoms with van der Waals surface area (Å²) in [6, 6.07) is 0.336. The van der Waals surface area contributed by atoms with E-state index >= 15 is 0 Å². The zero-order chi connectivity index (χ0) is 15.7. The number of aliphatic carboxylic acids is 1. The number of hydrogen-bond acceptors (Lipinski definition) is 3. The van der Waals surface area contributed by atoms with Gasteiger partial charge in [-0.05, 0) is 25.7 Å². The quantitative estimate of drug-likeness (QED) is 0.847. The Kier molecular flexibility index (Phi) is 4.36. The number of hydrogen-bond donors (Lipinski definition) is 1. The number of carbonyl (C=O) groups is 3. The first kappa shape index (κ1) is 15.3. The van der Waals surface area contributed by atoms with Crippen LogP contribution in [-0.2, 0) is 14.4 Å². The maximum Gasteiger partial charge on any atom is 0.306 e. The molecule has 22 heavy (non-hydrogen) atoms. The van der Waals surface area contributed by atoms with E-state index in [-0.39, 0.29) is 23.7 Å². The number of piperidine rings is 1. The third-order valence-electron chi connectivity index (χ3n) is 5.43. The van der Waals surface area contributed by atoms with E-state index < -0.39 is 5.97 Å². The van der Waals surface area contributed by atoms with Crippen molar-refractivity contribution in [3.8, 4) is 0 Å². The van der Waals surface area contributed by atoms with E-state index in [1.165, 1.54) is 12.8 Å². The van der Waals surface area contributed by atoms with E-state index in [0.717, 1.165) is 12.8 Å². The van der Waals surface area contributed by atoms with Crippen LogP contribution in [0.3, 0.4) is 0 Å². The number of nitrogens with zero attached hydrogens (tertiary/aromatic N) is 2. The summed E-state index contributed by atoms with van der Waals surface area (Å²) in [5.74, 6) is -1.17. The molecule has 3 aliphatic rings. The number of carbonyl (C=O) groups excluding carboxylic acids is 2. The number of carboxylic acid groups (broad SMARTS) is 1. The maximum atomic E-state index is 12.6. The highest BCUT2D eigenvalue weighted by molar-refractivity contribution is 5.89. The normalized spacial score (nSPS) is 27.6. The molecule has 2 aliphatic heterocycles. The maximum absolute atomic E-state index is 12.6. The van der Waals surface area contributed by atoms with Crippen LogP contribution < -0.4 is 0 Å². The molecule has 2 saturated heterocycles. The molecule has 1 atom stereocenters. The van der Waals surface area contributed by atoms with Gasteiger partial charge in [0.25, 0.3) is 0 Å². The zero-order valence-electron chi connectivity index (χ0n) is 12.9. The molecule has 0 bridgehead atoms. The standard InChI is InChI=1S/C16H24N2O4/c19-14-9-12(10-18(14)13-3-1-2-4-13)15(20)17-7-5-11(6-8-17)16(21)22/h11-13H,1-10H2,(H,21,22). The van der Waals surface area contributed by atoms with Crippen molar-refractivity contribution >= 4 is 17.8 Å². The van der Waals surface area contributed by atoms with Crippen LogP contribution in [0.15, 0.2) is 0 Å². The molecule has 2 heterocycles. The van der Waals surface area contributed by atoms with E-state index in [0.29, 0.717) is 44.9 Å². The van der Waals surface area contributed by atoms with Crippen molar-refractivity contribution in [2.45, 2.75) is 51.0 Å². The van der Waals surface area contributed by atoms with Gasteiger partial charge in [-0.15, -0.1) is 0 Å². The summed E-state index contributed by atoms with van der Waals surface area (Å²) in [5.41, 5.74) is 0. The molecule has 0 aromatic rings. The molecule has 6 heteroatoms. The molecular formula is C16H24N2O4. The van der Waals surface area contributed by atoms with Crippen LogP contribution >= 0.6 is 0 Å². The monoisotopic (exact) mass is 308 g/mol. The molecule has 0 spiro atoms. The van der Waals surface area contributed by atoms with Crippen molar-refractivity contribution in [1.82, 2.24) is 9.80 Å². The smallest absolute Gasteiger partial charge is 0.306 e. The van der Waals surface area contributed by atoms with E-state index in [4.69, 9.17) is 5.11 Å². The average Bonchev–Trinajstić information content (AvgIpc) is 3.15. The fourth-order valence-electron chi connectivity index (χ4n) is 4.07. The summed E-state index contributed by atoms with van der Waals surface area (Å²) in [7, 11) is 0. The van der Waals surface area contributed by atoms with Gasteiger partial charge in [0.1, 0.15) is 0 Å². The summed E-state index contributed by atoms with van der Waals surface area (Å²) >= 11 is 0. The highest BCUT2D eigenvalue weighted by Gasteiger charge is 2.40. The van der Waals surface area contributed by atoms with Gasteiger partial charge < -0.3 is 14.9 Å². The number of amides is 2. The largest absolute Gasteiger partial charge is 0.481 e. The molecular weight excluding hydrogens is 284 g/mol. The molecule has 1 N–H and O–H groups in total. The van der Waals surface area contributed by atoms with Gasteiger partial charge >= 0.3 is 5.97 Å². The van der Waals surface area contributed by atoms with Crippen LogP contribution in [0.5, 0.6) is 0 Å². The van der Waals surface area contributed by atoms with Gasteiger partial charge in [0, 0.05) is 32.1 Å². The second-order valence-electron chi connectivity index (χ2n) is 6.82. The third-order valence-corrected chi connectivity index (χ3v) is 5.43. The summed E-state index contributed by atoms with van der Waals surface area (Å²) < 4.78 is 0. The van der Waals surface area contributed by atoms with Gasteiger partial charge in [0.2, 0.25) is 11.8 Å². The van der Waals surface area contributed by atoms with Gasteiger partial charge in [-0.25, -0.2) is 0 Å². The molecule has 3 fully saturated rings. The Morgan fingerprint density at radius 2 is 1.64 bits per heavy atom. The van der Waals surface area contributed by atoms with E-state index in [1.54, 1.807) is 4.90 Å². The van der Waals surface area contributed by atoms with Crippen molar-refractivity contribution in [2.24, 2.45) is 11.8 Å². The van der Waals surface area contributed by atoms with E-state index in [2.05, 4.69) is 0 Å². The van der Waals surface area contributed by atoms with Crippen molar-refractivity contribution in [2.75, 3.05) is 19.6 Å². The van der Waals surface area contributed by atoms with Crippen LogP contribution in [0.25, 0.3) is 0 Å². The minimum Gasteiger partial charge on any atom is -0.481 e. The van der Waals surface area contributed by atoms with Crippen molar-refractivity contribution in [3.63, 3.8) is 0 Å². The number of likely N-dealkylation sites (tertiary alicyclic amines) is 2. The molecule has 6 nitrogen and oxygen atoms in total. The molecule has 2 amide bonds. The highest BCUT2D eigenvalue weighted by Crippen LogP contribution is 2.31. The SMILES string of the molecule is O=C(O)C1CCN(C(=O)C2CC(=O)N(C3CCCC3)C2)CC1. The Balaban J connectivity index is 1.55. The van der Waals surface area contributed by atoms with E-state index in [9.17, 15) is 14.4 Å². The average molecular weight is 308 g/mol. The fraction of sp³-hybridized carbons (Fsp3) is 0.812. The van der Waals surface area contributed by atoms with Crippen LogP contribution in [0.4, 0.5) is 0 Å². The lowest BCUT2D eigenvalue weighted by Gasteiger charge is -2.32. The molecule has 0 radical (unpaired) electrons. The molecule has 0 aromatic heterocycles. The topological polar surface area (TPSA) is 77.9 Å². The van der Waals surface area contributed by atoms with Crippen molar-refractivity contribution in [3.05, 3.63) is 0 Å². The first-order chi connectivity index (χ1) is 10.6. The number of rotatable bonds is 3. The predicted octanol–water partition coefficient (Wildman–Crippen LogP) is 1.10. The lowest BCUT2D eigenvalue weighted by Crippen LogP contribution is -2.44. The molecule has 1 unspecified atom stereocenters. The van der Waals surface area contributed by atoms with Crippen LogP contribution in [0.2, 0.25) is 0 Å². The summed E-state index contributed by atoms with van der Waals surface area (Å²) in [6.07, 6.45) is 5.86. The minimum atomic E-state index is -0.768. The van der Waals surface area contributed by atoms with Crippen molar-refractivity contribution < 1.29 is 19.5 Å². The molecule has 122 valence electrons. The summed E-state index contributed by atoms with van der Waals surface area (Å²) in [6.45, 7) is 1.56. The Labute approximate surface area is 130 Å². The zero-order valence-corrected chi connectivity index (χ0v) is 12.9. The molecule has 1 saturated carbocycles. The Bertz CT molecular complexity index is 465. The van der Waals surface area contributed by atoms with Crippen LogP contribution in [0, 0.1) is 11.8 Å². The van der Waals surface area contributed by atoms with Gasteiger partial charge in [-0.3, -0.25) is 14.4 Å². The van der Waals surface area contributed by atoms with Crippen LogP contribution in [0.1, 0.15) is 44.9 Å². The van der Waals surface area contributed by atoms with Gasteiger partial charge in [-0.1, -0.05) is 12.8 Å². The third kappa shape index (κ3) is 2.96. The lowest BCUT2D eigenvalue weighted by atomic mass is 9.95. The lowest BCUT2D eigenvalue weighted by molar-refractivity contribution is -0.146. The van der Waals surface area contributed by atoms with E-state index in [1.807, 2.05) is 4.90 Å².